The van der Waals surface area contributed by atoms with Crippen LogP contribution in [0, 0.1) is 0 Å². The van der Waals surface area contributed by atoms with Crippen LogP contribution < -0.4 is 10.1 Å². The van der Waals surface area contributed by atoms with Gasteiger partial charge in [-0.3, -0.25) is 0 Å². The maximum absolute atomic E-state index is 5.14. The average Bonchev–Trinajstić information content (AvgIpc) is 2.09. The molecule has 12 heavy (non-hydrogen) atoms. The van der Waals surface area contributed by atoms with Gasteiger partial charge in [0.25, 0.3) is 0 Å². The van der Waals surface area contributed by atoms with Crippen LogP contribution in [0.15, 0.2) is 12.1 Å². The van der Waals surface area contributed by atoms with Crippen molar-refractivity contribution in [3.05, 3.63) is 12.1 Å². The highest BCUT2D eigenvalue weighted by atomic mass is 16.5. The van der Waals surface area contributed by atoms with E-state index in [0.29, 0.717) is 12.5 Å². The van der Waals surface area contributed by atoms with Crippen LogP contribution in [-0.2, 0) is 0 Å². The van der Waals surface area contributed by atoms with Gasteiger partial charge >= 0.3 is 0 Å². The lowest BCUT2D eigenvalue weighted by atomic mass is 10.5. The minimum atomic E-state index is 0.569. The summed E-state index contributed by atoms with van der Waals surface area (Å²) >= 11 is 0. The molecule has 0 amide bonds. The Balaban J connectivity index is 2.58. The third-order valence-electron chi connectivity index (χ3n) is 1.29. The van der Waals surface area contributed by atoms with Crippen molar-refractivity contribution >= 4 is 5.82 Å². The molecular weight excluding hydrogens is 154 g/mol. The van der Waals surface area contributed by atoms with E-state index in [1.165, 1.54) is 0 Å². The molecule has 1 aromatic rings. The first kappa shape index (κ1) is 8.77. The van der Waals surface area contributed by atoms with Crippen LogP contribution in [0.1, 0.15) is 13.8 Å². The normalized spacial score (nSPS) is 9.50. The van der Waals surface area contributed by atoms with Crippen molar-refractivity contribution in [2.75, 3.05) is 18.5 Å². The van der Waals surface area contributed by atoms with E-state index in [4.69, 9.17) is 4.74 Å². The second-order valence-corrected chi connectivity index (χ2v) is 2.22. The van der Waals surface area contributed by atoms with Gasteiger partial charge in [0, 0.05) is 12.6 Å². The monoisotopic (exact) mass is 167 g/mol. The lowest BCUT2D eigenvalue weighted by Gasteiger charge is -2.02. The van der Waals surface area contributed by atoms with Crippen LogP contribution >= 0.6 is 0 Å². The Bertz CT molecular complexity index is 197. The van der Waals surface area contributed by atoms with E-state index in [2.05, 4.69) is 15.5 Å². The number of rotatable bonds is 4. The van der Waals surface area contributed by atoms with Gasteiger partial charge in [0.05, 0.1) is 6.61 Å². The number of aromatic nitrogens is 2. The van der Waals surface area contributed by atoms with Crippen molar-refractivity contribution in [1.82, 2.24) is 10.2 Å². The van der Waals surface area contributed by atoms with Crippen LogP contribution in [0.3, 0.4) is 0 Å². The van der Waals surface area contributed by atoms with Gasteiger partial charge < -0.3 is 10.1 Å². The number of anilines is 1. The van der Waals surface area contributed by atoms with Crippen molar-refractivity contribution in [3.8, 4) is 5.88 Å². The summed E-state index contributed by atoms with van der Waals surface area (Å²) in [5.41, 5.74) is 0. The molecule has 4 heteroatoms. The van der Waals surface area contributed by atoms with Gasteiger partial charge in [0.2, 0.25) is 5.88 Å². The molecule has 1 N–H and O–H groups in total. The van der Waals surface area contributed by atoms with E-state index in [9.17, 15) is 0 Å². The van der Waals surface area contributed by atoms with E-state index in [-0.39, 0.29) is 0 Å². The Morgan fingerprint density at radius 2 is 2.17 bits per heavy atom. The van der Waals surface area contributed by atoms with Gasteiger partial charge in [-0.15, -0.1) is 10.2 Å². The van der Waals surface area contributed by atoms with Crippen LogP contribution in [0.4, 0.5) is 5.82 Å². The first-order chi connectivity index (χ1) is 5.86. The fourth-order valence-corrected chi connectivity index (χ4v) is 0.820. The molecule has 1 heterocycles. The third kappa shape index (κ3) is 2.38. The van der Waals surface area contributed by atoms with Gasteiger partial charge in [-0.05, 0) is 19.9 Å². The summed E-state index contributed by atoms with van der Waals surface area (Å²) in [6.45, 7) is 5.40. The molecule has 1 aromatic heterocycles. The van der Waals surface area contributed by atoms with Crippen LogP contribution in [0.25, 0.3) is 0 Å². The molecule has 0 aliphatic carbocycles. The molecule has 0 bridgehead atoms. The molecule has 0 saturated heterocycles. The number of hydrogen-bond acceptors (Lipinski definition) is 4. The maximum atomic E-state index is 5.14. The minimum Gasteiger partial charge on any atom is -0.477 e. The van der Waals surface area contributed by atoms with Crippen molar-refractivity contribution < 1.29 is 4.74 Å². The summed E-state index contributed by atoms with van der Waals surface area (Å²) in [5, 5.41) is 10.8. The van der Waals surface area contributed by atoms with E-state index in [0.717, 1.165) is 12.4 Å². The minimum absolute atomic E-state index is 0.569. The van der Waals surface area contributed by atoms with E-state index in [1.807, 2.05) is 19.9 Å². The Labute approximate surface area is 72.0 Å². The fourth-order valence-electron chi connectivity index (χ4n) is 0.820. The first-order valence-electron chi connectivity index (χ1n) is 4.07. The molecule has 0 aliphatic rings. The molecule has 0 radical (unpaired) electrons. The zero-order chi connectivity index (χ0) is 8.81. The topological polar surface area (TPSA) is 47.0 Å². The molecule has 0 fully saturated rings. The predicted molar refractivity (Wildman–Crippen MR) is 47.4 cm³/mol. The fraction of sp³-hybridized carbons (Fsp3) is 0.500. The zero-order valence-corrected chi connectivity index (χ0v) is 7.37. The molecule has 4 nitrogen and oxygen atoms in total. The Morgan fingerprint density at radius 3 is 2.67 bits per heavy atom. The smallest absolute Gasteiger partial charge is 0.233 e. The summed E-state index contributed by atoms with van der Waals surface area (Å²) in [6, 6.07) is 3.65. The molecule has 0 unspecified atom stereocenters. The standard InChI is InChI=1S/C8H13N3O/c1-3-9-7-5-6-8(11-10-7)12-4-2/h5-6H,3-4H2,1-2H3,(H,9,10). The molecular formula is C8H13N3O. The SMILES string of the molecule is CCNc1ccc(OCC)nn1. The lowest BCUT2D eigenvalue weighted by molar-refractivity contribution is 0.323. The van der Waals surface area contributed by atoms with Gasteiger partial charge in [0.1, 0.15) is 5.82 Å². The molecule has 0 aromatic carbocycles. The van der Waals surface area contributed by atoms with Gasteiger partial charge in [-0.1, -0.05) is 0 Å². The van der Waals surface area contributed by atoms with Crippen LogP contribution in [0.2, 0.25) is 0 Å². The van der Waals surface area contributed by atoms with Gasteiger partial charge in [-0.25, -0.2) is 0 Å². The van der Waals surface area contributed by atoms with Crippen molar-refractivity contribution in [1.29, 1.82) is 0 Å². The Morgan fingerprint density at radius 1 is 1.33 bits per heavy atom. The molecule has 1 rings (SSSR count). The number of nitrogens with one attached hydrogen (secondary N) is 1. The Hall–Kier alpha value is -1.32. The largest absolute Gasteiger partial charge is 0.477 e. The Kier molecular flexibility index (Phi) is 3.32. The molecule has 0 aliphatic heterocycles. The zero-order valence-electron chi connectivity index (χ0n) is 7.37. The molecule has 0 spiro atoms. The summed E-state index contributed by atoms with van der Waals surface area (Å²) < 4.78 is 5.14. The van der Waals surface area contributed by atoms with Crippen molar-refractivity contribution in [2.24, 2.45) is 0 Å². The van der Waals surface area contributed by atoms with Crippen LogP contribution in [-0.4, -0.2) is 23.3 Å². The maximum Gasteiger partial charge on any atom is 0.233 e. The van der Waals surface area contributed by atoms with E-state index < -0.39 is 0 Å². The number of hydrogen-bond donors (Lipinski definition) is 1. The second kappa shape index (κ2) is 4.54. The number of ether oxygens (including phenoxy) is 1. The summed E-state index contributed by atoms with van der Waals surface area (Å²) in [6.07, 6.45) is 0. The third-order valence-corrected chi connectivity index (χ3v) is 1.29. The summed E-state index contributed by atoms with van der Waals surface area (Å²) in [4.78, 5) is 0. The first-order valence-corrected chi connectivity index (χ1v) is 4.07. The van der Waals surface area contributed by atoms with Crippen molar-refractivity contribution in [3.63, 3.8) is 0 Å². The second-order valence-electron chi connectivity index (χ2n) is 2.22. The molecule has 66 valence electrons. The molecule has 0 atom stereocenters. The summed E-state index contributed by atoms with van der Waals surface area (Å²) in [5.74, 6) is 1.35. The predicted octanol–water partition coefficient (Wildman–Crippen LogP) is 1.31. The highest BCUT2D eigenvalue weighted by molar-refractivity contribution is 5.33. The molecule has 0 saturated carbocycles. The van der Waals surface area contributed by atoms with Gasteiger partial charge in [0.15, 0.2) is 0 Å². The van der Waals surface area contributed by atoms with Gasteiger partial charge in [-0.2, -0.15) is 0 Å². The summed E-state index contributed by atoms with van der Waals surface area (Å²) in [7, 11) is 0. The average molecular weight is 167 g/mol. The van der Waals surface area contributed by atoms with Crippen LogP contribution in [0.5, 0.6) is 5.88 Å². The number of nitrogens with zero attached hydrogens (tertiary/aromatic N) is 2. The highest BCUT2D eigenvalue weighted by Gasteiger charge is 1.94. The van der Waals surface area contributed by atoms with E-state index in [1.54, 1.807) is 6.07 Å². The highest BCUT2D eigenvalue weighted by Crippen LogP contribution is 2.07. The quantitative estimate of drug-likeness (QED) is 0.734. The van der Waals surface area contributed by atoms with E-state index >= 15 is 0 Å². The lowest BCUT2D eigenvalue weighted by Crippen LogP contribution is -2.01. The van der Waals surface area contributed by atoms with Crippen molar-refractivity contribution in [2.45, 2.75) is 13.8 Å².